The number of aromatic nitrogens is 2. The Morgan fingerprint density at radius 3 is 2.83 bits per heavy atom. The number of nitrogens with zero attached hydrogens (tertiary/aromatic N) is 3. The van der Waals surface area contributed by atoms with Gasteiger partial charge in [0.15, 0.2) is 0 Å². The lowest BCUT2D eigenvalue weighted by Gasteiger charge is -2.27. The van der Waals surface area contributed by atoms with Crippen molar-refractivity contribution in [3.63, 3.8) is 0 Å². The fourth-order valence-electron chi connectivity index (χ4n) is 3.39. The van der Waals surface area contributed by atoms with E-state index in [4.69, 9.17) is 4.74 Å². The first kappa shape index (κ1) is 19.4. The van der Waals surface area contributed by atoms with Gasteiger partial charge < -0.3 is 15.0 Å². The number of hydrogen-bond acceptors (Lipinski definition) is 6. The molecule has 1 saturated heterocycles. The fourth-order valence-corrected chi connectivity index (χ4v) is 4.18. The van der Waals surface area contributed by atoms with E-state index in [-0.39, 0.29) is 5.91 Å². The van der Waals surface area contributed by atoms with Crippen molar-refractivity contribution in [3.8, 4) is 16.3 Å². The van der Waals surface area contributed by atoms with Gasteiger partial charge in [0.05, 0.1) is 7.11 Å². The molecular formula is C22H24N4O2S. The summed E-state index contributed by atoms with van der Waals surface area (Å²) in [6.07, 6.45) is 5.60. The number of ether oxygens (including phenoxy) is 1. The molecule has 0 spiro atoms. The fraction of sp³-hybridized carbons (Fsp3) is 0.318. The predicted octanol–water partition coefficient (Wildman–Crippen LogP) is 4.13. The Labute approximate surface area is 174 Å². The van der Waals surface area contributed by atoms with Gasteiger partial charge in [0.25, 0.3) is 5.91 Å². The van der Waals surface area contributed by atoms with Crippen molar-refractivity contribution in [1.82, 2.24) is 15.3 Å². The van der Waals surface area contributed by atoms with Crippen LogP contribution in [0.4, 0.5) is 5.82 Å². The molecule has 0 unspecified atom stereocenters. The molecule has 0 atom stereocenters. The van der Waals surface area contributed by atoms with Crippen LogP contribution in [0.2, 0.25) is 0 Å². The van der Waals surface area contributed by atoms with Gasteiger partial charge in [-0.2, -0.15) is 0 Å². The second-order valence-corrected chi connectivity index (χ2v) is 7.88. The molecule has 7 heteroatoms. The van der Waals surface area contributed by atoms with E-state index in [1.807, 2.05) is 42.6 Å². The zero-order valence-corrected chi connectivity index (χ0v) is 17.2. The van der Waals surface area contributed by atoms with Gasteiger partial charge in [0.2, 0.25) is 0 Å². The van der Waals surface area contributed by atoms with E-state index in [2.05, 4.69) is 20.2 Å². The first-order chi connectivity index (χ1) is 14.2. The van der Waals surface area contributed by atoms with E-state index >= 15 is 0 Å². The van der Waals surface area contributed by atoms with E-state index in [1.165, 1.54) is 30.6 Å². The van der Waals surface area contributed by atoms with Gasteiger partial charge in [-0.1, -0.05) is 12.1 Å². The van der Waals surface area contributed by atoms with Crippen molar-refractivity contribution in [3.05, 3.63) is 59.2 Å². The van der Waals surface area contributed by atoms with Gasteiger partial charge in [-0.05, 0) is 49.1 Å². The summed E-state index contributed by atoms with van der Waals surface area (Å²) in [4.78, 5) is 23.9. The monoisotopic (exact) mass is 408 g/mol. The van der Waals surface area contributed by atoms with Gasteiger partial charge >= 0.3 is 0 Å². The molecule has 1 aliphatic rings. The zero-order chi connectivity index (χ0) is 20.1. The van der Waals surface area contributed by atoms with Crippen LogP contribution in [0.15, 0.2) is 48.0 Å². The minimum absolute atomic E-state index is 0.187. The van der Waals surface area contributed by atoms with Crippen molar-refractivity contribution in [2.24, 2.45) is 0 Å². The molecule has 2 aromatic heterocycles. The lowest BCUT2D eigenvalue weighted by molar-refractivity contribution is 0.0946. The van der Waals surface area contributed by atoms with Crippen LogP contribution in [0.1, 0.15) is 35.3 Å². The predicted molar refractivity (Wildman–Crippen MR) is 116 cm³/mol. The minimum atomic E-state index is -0.187. The number of carbonyl (C=O) groups excluding carboxylic acids is 1. The molecule has 1 aliphatic heterocycles. The van der Waals surface area contributed by atoms with Crippen molar-refractivity contribution in [2.75, 3.05) is 25.1 Å². The van der Waals surface area contributed by atoms with Crippen molar-refractivity contribution in [2.45, 2.75) is 25.8 Å². The lowest BCUT2D eigenvalue weighted by Crippen LogP contribution is -2.29. The number of methoxy groups -OCH3 is 1. The molecule has 1 aromatic carbocycles. The third-order valence-electron chi connectivity index (χ3n) is 5.00. The molecule has 0 saturated carbocycles. The number of rotatable bonds is 6. The van der Waals surface area contributed by atoms with Gasteiger partial charge in [-0.3, -0.25) is 4.79 Å². The first-order valence-electron chi connectivity index (χ1n) is 9.81. The van der Waals surface area contributed by atoms with Crippen LogP contribution in [0.25, 0.3) is 10.6 Å². The van der Waals surface area contributed by atoms with E-state index in [0.717, 1.165) is 40.8 Å². The Morgan fingerprint density at radius 2 is 2.07 bits per heavy atom. The molecule has 1 fully saturated rings. The normalized spacial score (nSPS) is 13.9. The molecule has 29 heavy (non-hydrogen) atoms. The number of carbonyl (C=O) groups is 1. The summed E-state index contributed by atoms with van der Waals surface area (Å²) >= 11 is 1.45. The third kappa shape index (κ3) is 4.74. The molecule has 0 bridgehead atoms. The van der Waals surface area contributed by atoms with Gasteiger partial charge in [0, 0.05) is 36.8 Å². The maximum Gasteiger partial charge on any atom is 0.271 e. The molecule has 1 amide bonds. The SMILES string of the molecule is COc1cccc(CNC(=O)c2csc(-c3ccc(N4CCCCC4)nc3)n2)c1. The van der Waals surface area contributed by atoms with E-state index < -0.39 is 0 Å². The number of nitrogens with one attached hydrogen (secondary N) is 1. The largest absolute Gasteiger partial charge is 0.497 e. The van der Waals surface area contributed by atoms with Crippen LogP contribution >= 0.6 is 11.3 Å². The second-order valence-electron chi connectivity index (χ2n) is 7.02. The highest BCUT2D eigenvalue weighted by atomic mass is 32.1. The number of benzene rings is 1. The summed E-state index contributed by atoms with van der Waals surface area (Å²) in [6, 6.07) is 11.7. The summed E-state index contributed by atoms with van der Waals surface area (Å²) in [5, 5.41) is 5.50. The standard InChI is InChI=1S/C22H24N4O2S/c1-28-18-7-5-6-16(12-18)13-24-21(27)19-15-29-22(25-19)17-8-9-20(23-14-17)26-10-3-2-4-11-26/h5-9,12,14-15H,2-4,10-11,13H2,1H3,(H,24,27). The number of thiazole rings is 1. The molecule has 4 rings (SSSR count). The van der Waals surface area contributed by atoms with E-state index in [0.29, 0.717) is 12.2 Å². The van der Waals surface area contributed by atoms with Crippen molar-refractivity contribution < 1.29 is 9.53 Å². The Kier molecular flexibility index (Phi) is 6.05. The summed E-state index contributed by atoms with van der Waals surface area (Å²) in [5.74, 6) is 1.60. The highest BCUT2D eigenvalue weighted by molar-refractivity contribution is 7.13. The van der Waals surface area contributed by atoms with Gasteiger partial charge in [0.1, 0.15) is 22.3 Å². The van der Waals surface area contributed by atoms with Crippen LogP contribution in [0.3, 0.4) is 0 Å². The van der Waals surface area contributed by atoms with Crippen molar-refractivity contribution in [1.29, 1.82) is 0 Å². The summed E-state index contributed by atoms with van der Waals surface area (Å²) in [6.45, 7) is 2.57. The Morgan fingerprint density at radius 1 is 1.21 bits per heavy atom. The quantitative estimate of drug-likeness (QED) is 0.664. The average Bonchev–Trinajstić information content (AvgIpc) is 3.29. The molecule has 3 heterocycles. The minimum Gasteiger partial charge on any atom is -0.497 e. The number of amides is 1. The van der Waals surface area contributed by atoms with Gasteiger partial charge in [-0.15, -0.1) is 11.3 Å². The number of pyridine rings is 1. The topological polar surface area (TPSA) is 67.3 Å². The van der Waals surface area contributed by atoms with Crippen LogP contribution in [0, 0.1) is 0 Å². The molecule has 0 aliphatic carbocycles. The van der Waals surface area contributed by atoms with Crippen LogP contribution in [-0.4, -0.2) is 36.1 Å². The lowest BCUT2D eigenvalue weighted by atomic mass is 10.1. The Hall–Kier alpha value is -2.93. The number of hydrogen-bond donors (Lipinski definition) is 1. The Balaban J connectivity index is 1.38. The Bertz CT molecular complexity index is 965. The number of anilines is 1. The summed E-state index contributed by atoms with van der Waals surface area (Å²) in [5.41, 5.74) is 2.33. The van der Waals surface area contributed by atoms with Gasteiger partial charge in [-0.25, -0.2) is 9.97 Å². The molecule has 1 N–H and O–H groups in total. The molecular weight excluding hydrogens is 384 g/mol. The summed E-state index contributed by atoms with van der Waals surface area (Å²) < 4.78 is 5.21. The molecule has 0 radical (unpaired) electrons. The van der Waals surface area contributed by atoms with E-state index in [9.17, 15) is 4.79 Å². The smallest absolute Gasteiger partial charge is 0.271 e. The maximum absolute atomic E-state index is 12.5. The molecule has 3 aromatic rings. The molecule has 6 nitrogen and oxygen atoms in total. The average molecular weight is 409 g/mol. The molecule has 150 valence electrons. The maximum atomic E-state index is 12.5. The van der Waals surface area contributed by atoms with Crippen molar-refractivity contribution >= 4 is 23.1 Å². The first-order valence-corrected chi connectivity index (χ1v) is 10.7. The highest BCUT2D eigenvalue weighted by Gasteiger charge is 2.14. The van der Waals surface area contributed by atoms with E-state index in [1.54, 1.807) is 12.5 Å². The summed E-state index contributed by atoms with van der Waals surface area (Å²) in [7, 11) is 1.63. The number of piperidine rings is 1. The van der Waals surface area contributed by atoms with Crippen LogP contribution in [-0.2, 0) is 6.54 Å². The second kappa shape index (κ2) is 9.05. The van der Waals surface area contributed by atoms with Crippen LogP contribution in [0.5, 0.6) is 5.75 Å². The van der Waals surface area contributed by atoms with Crippen LogP contribution < -0.4 is 15.0 Å². The third-order valence-corrected chi connectivity index (χ3v) is 5.89. The zero-order valence-electron chi connectivity index (χ0n) is 16.4. The highest BCUT2D eigenvalue weighted by Crippen LogP contribution is 2.25.